The van der Waals surface area contributed by atoms with Gasteiger partial charge >= 0.3 is 5.97 Å². The molecule has 3 saturated carbocycles. The van der Waals surface area contributed by atoms with Crippen LogP contribution in [0.5, 0.6) is 0 Å². The molecule has 9 heteroatoms. The molecule has 0 unspecified atom stereocenters. The van der Waals surface area contributed by atoms with Crippen LogP contribution in [0.4, 0.5) is 0 Å². The van der Waals surface area contributed by atoms with Crippen LogP contribution in [0, 0.1) is 62.1 Å². The number of aromatic nitrogens is 3. The standard InChI is InChI=1S/C39H63ClN4O4/c1-23(2)24(3)34(7)16-17-36(9)25-12-13-28-35(8)19-47-21-39(28,26(25)14-15-37(36,10)29(34)31(45)46)18-27(44-32(40)42-22-43-44)30(35)48-20-38(11,41)33(4,5)6/h14,22-25,27-30H,12-13,15-21,41H2,1-11H3,(H,45,46)/t24-,25+,27-,28+,29-,30+,34-,35-,36-,37+,38+,39+/m1/s1. The normalized spacial score (nSPS) is 44.5. The number of hydrogen-bond donors (Lipinski definition) is 2. The Bertz CT molecular complexity index is 1450. The second kappa shape index (κ2) is 11.5. The Balaban J connectivity index is 1.45. The molecule has 5 aliphatic rings. The first kappa shape index (κ1) is 36.3. The fourth-order valence-electron chi connectivity index (χ4n) is 12.1. The molecule has 3 N–H and O–H groups in total. The highest BCUT2D eigenvalue weighted by Crippen LogP contribution is 2.75. The third kappa shape index (κ3) is 4.87. The van der Waals surface area contributed by atoms with Gasteiger partial charge in [-0.05, 0) is 102 Å². The molecule has 1 aliphatic heterocycles. The highest BCUT2D eigenvalue weighted by molar-refractivity contribution is 6.28. The number of carboxylic acid groups (broad SMARTS) is 1. The molecule has 2 bridgehead atoms. The Labute approximate surface area is 294 Å². The summed E-state index contributed by atoms with van der Waals surface area (Å²) in [7, 11) is 0. The maximum absolute atomic E-state index is 13.4. The van der Waals surface area contributed by atoms with Gasteiger partial charge in [0.25, 0.3) is 0 Å². The molecule has 2 heterocycles. The van der Waals surface area contributed by atoms with Crippen molar-refractivity contribution in [2.75, 3.05) is 19.8 Å². The lowest BCUT2D eigenvalue weighted by atomic mass is 9.34. The van der Waals surface area contributed by atoms with Crippen molar-refractivity contribution in [1.29, 1.82) is 0 Å². The van der Waals surface area contributed by atoms with Crippen LogP contribution < -0.4 is 5.73 Å². The minimum Gasteiger partial charge on any atom is -0.481 e. The molecule has 48 heavy (non-hydrogen) atoms. The molecule has 4 fully saturated rings. The van der Waals surface area contributed by atoms with Crippen LogP contribution in [0.2, 0.25) is 5.28 Å². The van der Waals surface area contributed by atoms with Gasteiger partial charge in [0.15, 0.2) is 0 Å². The maximum atomic E-state index is 13.4. The lowest BCUT2D eigenvalue weighted by molar-refractivity contribution is -0.253. The topological polar surface area (TPSA) is 112 Å². The number of nitrogens with two attached hydrogens (primary N) is 1. The number of allylic oxidation sites excluding steroid dienone is 1. The Morgan fingerprint density at radius 3 is 2.40 bits per heavy atom. The molecule has 270 valence electrons. The second-order valence-electron chi connectivity index (χ2n) is 19.5. The van der Waals surface area contributed by atoms with Crippen molar-refractivity contribution in [3.8, 4) is 0 Å². The van der Waals surface area contributed by atoms with E-state index in [4.69, 9.17) is 26.8 Å². The summed E-state index contributed by atoms with van der Waals surface area (Å²) in [6.45, 7) is 26.4. The summed E-state index contributed by atoms with van der Waals surface area (Å²) in [5.74, 6) is 0.324. The monoisotopic (exact) mass is 686 g/mol. The van der Waals surface area contributed by atoms with Crippen LogP contribution in [0.15, 0.2) is 18.0 Å². The van der Waals surface area contributed by atoms with E-state index in [1.165, 1.54) is 5.57 Å². The van der Waals surface area contributed by atoms with E-state index in [0.717, 1.165) is 38.5 Å². The fraction of sp³-hybridized carbons (Fsp3) is 0.872. The zero-order chi connectivity index (χ0) is 35.5. The van der Waals surface area contributed by atoms with Crippen molar-refractivity contribution >= 4 is 17.6 Å². The quantitative estimate of drug-likeness (QED) is 0.278. The Morgan fingerprint density at radius 1 is 1.12 bits per heavy atom. The molecule has 0 spiro atoms. The lowest BCUT2D eigenvalue weighted by Gasteiger charge is -2.71. The molecule has 0 radical (unpaired) electrons. The number of rotatable bonds is 7. The van der Waals surface area contributed by atoms with Gasteiger partial charge < -0.3 is 20.3 Å². The van der Waals surface area contributed by atoms with Gasteiger partial charge in [-0.2, -0.15) is 5.10 Å². The first-order valence-electron chi connectivity index (χ1n) is 18.6. The number of ether oxygens (including phenoxy) is 2. The number of halogens is 1. The number of carbonyl (C=O) groups is 1. The first-order chi connectivity index (χ1) is 22.1. The average molecular weight is 687 g/mol. The summed E-state index contributed by atoms with van der Waals surface area (Å²) in [5, 5.41) is 16.1. The van der Waals surface area contributed by atoms with E-state index in [0.29, 0.717) is 42.9 Å². The molecule has 12 atom stereocenters. The first-order valence-corrected chi connectivity index (χ1v) is 19.0. The third-order valence-electron chi connectivity index (χ3n) is 16.2. The molecule has 1 aromatic rings. The van der Waals surface area contributed by atoms with Crippen LogP contribution in [-0.4, -0.2) is 57.3 Å². The van der Waals surface area contributed by atoms with Crippen molar-refractivity contribution in [1.82, 2.24) is 14.8 Å². The minimum atomic E-state index is -0.628. The summed E-state index contributed by atoms with van der Waals surface area (Å²) in [6.07, 6.45) is 9.46. The van der Waals surface area contributed by atoms with E-state index >= 15 is 0 Å². The third-order valence-corrected chi connectivity index (χ3v) is 16.5. The summed E-state index contributed by atoms with van der Waals surface area (Å²) >= 11 is 6.77. The van der Waals surface area contributed by atoms with Crippen LogP contribution >= 0.6 is 11.6 Å². The number of nitrogens with zero attached hydrogens (tertiary/aromatic N) is 3. The molecule has 6 rings (SSSR count). The maximum Gasteiger partial charge on any atom is 0.307 e. The van der Waals surface area contributed by atoms with Gasteiger partial charge in [-0.3, -0.25) is 4.79 Å². The molecule has 1 aromatic heterocycles. The van der Waals surface area contributed by atoms with Crippen LogP contribution in [0.1, 0.15) is 121 Å². The van der Waals surface area contributed by atoms with E-state index < -0.39 is 17.4 Å². The fourth-order valence-corrected chi connectivity index (χ4v) is 12.3. The largest absolute Gasteiger partial charge is 0.481 e. The summed E-state index contributed by atoms with van der Waals surface area (Å²) in [6, 6.07) is -0.144. The minimum absolute atomic E-state index is 0.144. The Morgan fingerprint density at radius 2 is 1.81 bits per heavy atom. The van der Waals surface area contributed by atoms with E-state index in [2.05, 4.69) is 92.3 Å². The van der Waals surface area contributed by atoms with E-state index in [-0.39, 0.29) is 50.6 Å². The highest BCUT2D eigenvalue weighted by atomic mass is 35.5. The van der Waals surface area contributed by atoms with Crippen molar-refractivity contribution in [2.45, 2.75) is 132 Å². The molecule has 0 amide bonds. The van der Waals surface area contributed by atoms with Crippen LogP contribution in [0.3, 0.4) is 0 Å². The second-order valence-corrected chi connectivity index (χ2v) is 19.8. The van der Waals surface area contributed by atoms with E-state index in [9.17, 15) is 9.90 Å². The predicted molar refractivity (Wildman–Crippen MR) is 189 cm³/mol. The lowest BCUT2D eigenvalue weighted by Crippen LogP contribution is -2.69. The van der Waals surface area contributed by atoms with Crippen molar-refractivity contribution in [3.63, 3.8) is 0 Å². The van der Waals surface area contributed by atoms with Gasteiger partial charge in [0.05, 0.1) is 37.9 Å². The summed E-state index contributed by atoms with van der Waals surface area (Å²) < 4.78 is 15.6. The number of carboxylic acids is 1. The van der Waals surface area contributed by atoms with Gasteiger partial charge in [0.1, 0.15) is 6.33 Å². The zero-order valence-corrected chi connectivity index (χ0v) is 32.3. The SMILES string of the molecule is CC(C)[C@@H](C)[C@@]1(C)CC[C@]2(C)[C@H]3CC[C@@H]4[C@@]5(COC[C@@]4(C)[C@@H](OC[C@](C)(N)C(C)(C)C)[C@H](n4ncnc4Cl)C5)C3=CC[C@@]2(C)[C@@H]1C(=O)O. The van der Waals surface area contributed by atoms with Crippen molar-refractivity contribution in [2.24, 2.45) is 67.8 Å². The Kier molecular flexibility index (Phi) is 8.71. The summed E-state index contributed by atoms with van der Waals surface area (Å²) in [4.78, 5) is 17.8. The molecular formula is C39H63ClN4O4. The molecule has 4 aliphatic carbocycles. The van der Waals surface area contributed by atoms with Gasteiger partial charge in [-0.15, -0.1) is 0 Å². The van der Waals surface area contributed by atoms with Crippen LogP contribution in [-0.2, 0) is 14.3 Å². The molecule has 1 saturated heterocycles. The summed E-state index contributed by atoms with van der Waals surface area (Å²) in [5.41, 5.74) is 6.39. The predicted octanol–water partition coefficient (Wildman–Crippen LogP) is 8.21. The van der Waals surface area contributed by atoms with Gasteiger partial charge in [-0.1, -0.05) is 80.9 Å². The molecular weight excluding hydrogens is 624 g/mol. The van der Waals surface area contributed by atoms with E-state index in [1.807, 2.05) is 4.68 Å². The van der Waals surface area contributed by atoms with Gasteiger partial charge in [0, 0.05) is 16.4 Å². The highest BCUT2D eigenvalue weighted by Gasteiger charge is 2.72. The van der Waals surface area contributed by atoms with Gasteiger partial charge in [-0.25, -0.2) is 9.67 Å². The van der Waals surface area contributed by atoms with Crippen molar-refractivity contribution in [3.05, 3.63) is 23.3 Å². The van der Waals surface area contributed by atoms with E-state index in [1.54, 1.807) is 6.33 Å². The Hall–Kier alpha value is -1.48. The number of aliphatic carboxylic acids is 1. The average Bonchev–Trinajstić information content (AvgIpc) is 3.41. The smallest absolute Gasteiger partial charge is 0.307 e. The number of fused-ring (bicyclic) bond motifs is 3. The van der Waals surface area contributed by atoms with Gasteiger partial charge in [0.2, 0.25) is 5.28 Å². The number of hydrogen-bond acceptors (Lipinski definition) is 6. The molecule has 0 aromatic carbocycles. The zero-order valence-electron chi connectivity index (χ0n) is 31.5. The molecule has 8 nitrogen and oxygen atoms in total. The van der Waals surface area contributed by atoms with Crippen molar-refractivity contribution < 1.29 is 19.4 Å². The van der Waals surface area contributed by atoms with Crippen LogP contribution in [0.25, 0.3) is 0 Å².